The van der Waals surface area contributed by atoms with Crippen LogP contribution in [0.5, 0.6) is 5.75 Å². The van der Waals surface area contributed by atoms with Crippen molar-refractivity contribution in [2.45, 2.75) is 64.5 Å². The van der Waals surface area contributed by atoms with Crippen LogP contribution in [-0.4, -0.2) is 71.0 Å². The molecule has 44 heavy (non-hydrogen) atoms. The molecule has 6 rings (SSSR count). The molecular weight excluding hydrogens is 607 g/mol. The van der Waals surface area contributed by atoms with Crippen LogP contribution in [0.1, 0.15) is 76.7 Å². The minimum atomic E-state index is -1.35. The minimum Gasteiger partial charge on any atom is -0.492 e. The molecule has 1 aromatic carbocycles. The quantitative estimate of drug-likeness (QED) is 0.263. The lowest BCUT2D eigenvalue weighted by Crippen LogP contribution is -2.55. The zero-order valence-corrected chi connectivity index (χ0v) is 26.5. The zero-order valence-electron chi connectivity index (χ0n) is 24.9. The first kappa shape index (κ1) is 30.3. The van der Waals surface area contributed by atoms with Gasteiger partial charge in [-0.2, -0.15) is 0 Å². The molecule has 0 unspecified atom stereocenters. The Morgan fingerprint density at radius 2 is 1.98 bits per heavy atom. The molecule has 2 aliphatic carbocycles. The van der Waals surface area contributed by atoms with Gasteiger partial charge in [-0.1, -0.05) is 0 Å². The Balaban J connectivity index is 1.28. The molecule has 234 valence electrons. The highest BCUT2D eigenvalue weighted by Crippen LogP contribution is 2.44. The van der Waals surface area contributed by atoms with Crippen LogP contribution in [0, 0.1) is 5.82 Å². The molecule has 0 spiro atoms. The fourth-order valence-electron chi connectivity index (χ4n) is 6.43. The molecule has 2 aromatic heterocycles. The molecule has 3 heterocycles. The van der Waals surface area contributed by atoms with E-state index >= 15 is 4.39 Å². The average Bonchev–Trinajstić information content (AvgIpc) is 3.77. The number of rotatable bonds is 7. The van der Waals surface area contributed by atoms with Crippen LogP contribution in [0.2, 0.25) is 0 Å². The predicted octanol–water partition coefficient (Wildman–Crippen LogP) is 5.21. The lowest BCUT2D eigenvalue weighted by Gasteiger charge is -2.42. The van der Waals surface area contributed by atoms with Crippen molar-refractivity contribution in [2.75, 3.05) is 43.6 Å². The molecule has 0 radical (unpaired) electrons. The number of carbonyl (C=O) groups excluding carboxylic acids is 1. The Hall–Kier alpha value is -3.71. The molecule has 1 atom stereocenters. The lowest BCUT2D eigenvalue weighted by molar-refractivity contribution is 0.0526. The van der Waals surface area contributed by atoms with Crippen LogP contribution in [0.3, 0.4) is 0 Å². The monoisotopic (exact) mass is 642 g/mol. The summed E-state index contributed by atoms with van der Waals surface area (Å²) in [6, 6.07) is 1.02. The van der Waals surface area contributed by atoms with Crippen LogP contribution in [0.15, 0.2) is 17.1 Å². The summed E-state index contributed by atoms with van der Waals surface area (Å²) in [6.07, 6.45) is 6.91. The number of thiocarbonyl (C=S) groups is 1. The van der Waals surface area contributed by atoms with E-state index in [0.29, 0.717) is 47.4 Å². The smallest absolute Gasteiger partial charge is 0.341 e. The van der Waals surface area contributed by atoms with E-state index in [-0.39, 0.29) is 40.4 Å². The number of nitrogens with one attached hydrogen (secondary N) is 1. The SMILES string of the molecule is CCOC(=O)c1c(NC(=S)N2CCN(c3c(F)cc4c(=O)c(C(=O)O)cn(C5CC5)c4c3OC)C[C@H]2C)sc2c1CCCC2. The number of carbonyl (C=O) groups is 2. The number of anilines is 2. The fourth-order valence-corrected chi connectivity index (χ4v) is 8.14. The van der Waals surface area contributed by atoms with Gasteiger partial charge in [-0.05, 0) is 76.2 Å². The molecule has 10 nitrogen and oxygen atoms in total. The van der Waals surface area contributed by atoms with Gasteiger partial charge in [-0.15, -0.1) is 11.3 Å². The summed E-state index contributed by atoms with van der Waals surface area (Å²) >= 11 is 7.40. The number of nitrogens with zero attached hydrogens (tertiary/aromatic N) is 3. The number of carboxylic acid groups (broad SMARTS) is 1. The number of aromatic carboxylic acids is 1. The molecule has 2 N–H and O–H groups in total. The molecule has 3 aliphatic rings. The van der Waals surface area contributed by atoms with Gasteiger partial charge in [0, 0.05) is 42.8 Å². The standard InChI is InChI=1S/C31H35FN4O6S2/c1-4-42-30(40)23-18-7-5-6-8-22(18)44-28(23)33-31(43)35-12-11-34(14-16(35)2)25-21(32)13-19-24(27(25)41-3)36(17-9-10-17)15-20(26(19)37)29(38)39/h13,15-17H,4-12,14H2,1-3H3,(H,33,43)(H,38,39)/t16-/m1/s1. The van der Waals surface area contributed by atoms with Crippen LogP contribution in [-0.2, 0) is 17.6 Å². The number of pyridine rings is 1. The van der Waals surface area contributed by atoms with E-state index in [9.17, 15) is 19.5 Å². The second-order valence-corrected chi connectivity index (χ2v) is 13.0. The third-order valence-corrected chi connectivity index (χ3v) is 10.2. The Labute approximate surface area is 263 Å². The molecule has 0 amide bonds. The number of hydrogen-bond donors (Lipinski definition) is 2. The Morgan fingerprint density at radius 3 is 2.64 bits per heavy atom. The third-order valence-electron chi connectivity index (χ3n) is 8.65. The van der Waals surface area contributed by atoms with E-state index in [2.05, 4.69) is 5.32 Å². The molecule has 13 heteroatoms. The molecule has 1 saturated carbocycles. The van der Waals surface area contributed by atoms with E-state index in [1.165, 1.54) is 18.2 Å². The van der Waals surface area contributed by atoms with Gasteiger partial charge >= 0.3 is 11.9 Å². The molecule has 2 fully saturated rings. The molecule has 1 saturated heterocycles. The number of carboxylic acids is 1. The largest absolute Gasteiger partial charge is 0.492 e. The number of hydrogen-bond acceptors (Lipinski definition) is 8. The van der Waals surface area contributed by atoms with Gasteiger partial charge in [-0.3, -0.25) is 4.79 Å². The summed E-state index contributed by atoms with van der Waals surface area (Å²) in [6.45, 7) is 5.38. The zero-order chi connectivity index (χ0) is 31.3. The number of halogens is 1. The number of piperazine rings is 1. The highest BCUT2D eigenvalue weighted by Gasteiger charge is 2.34. The van der Waals surface area contributed by atoms with Gasteiger partial charge in [0.1, 0.15) is 16.3 Å². The van der Waals surface area contributed by atoms with Crippen molar-refractivity contribution in [1.82, 2.24) is 9.47 Å². The summed E-state index contributed by atoms with van der Waals surface area (Å²) in [5.74, 6) is -2.12. The summed E-state index contributed by atoms with van der Waals surface area (Å²) in [4.78, 5) is 42.9. The third kappa shape index (κ3) is 5.29. The van der Waals surface area contributed by atoms with E-state index in [4.69, 9.17) is 21.7 Å². The lowest BCUT2D eigenvalue weighted by atomic mass is 9.95. The van der Waals surface area contributed by atoms with Gasteiger partial charge < -0.3 is 34.3 Å². The fraction of sp³-hybridized carbons (Fsp3) is 0.484. The van der Waals surface area contributed by atoms with Gasteiger partial charge in [-0.25, -0.2) is 14.0 Å². The summed E-state index contributed by atoms with van der Waals surface area (Å²) < 4.78 is 28.8. The highest BCUT2D eigenvalue weighted by molar-refractivity contribution is 7.80. The summed E-state index contributed by atoms with van der Waals surface area (Å²) in [7, 11) is 1.44. The molecule has 1 aliphatic heterocycles. The van der Waals surface area contributed by atoms with Gasteiger partial charge in [0.25, 0.3) is 0 Å². The second kappa shape index (κ2) is 12.0. The van der Waals surface area contributed by atoms with E-state index in [1.807, 2.05) is 16.7 Å². The average molecular weight is 643 g/mol. The maximum absolute atomic E-state index is 15.9. The minimum absolute atomic E-state index is 0.0111. The van der Waals surface area contributed by atoms with E-state index in [1.54, 1.807) is 22.8 Å². The first-order valence-corrected chi connectivity index (χ1v) is 16.2. The molecule has 0 bridgehead atoms. The number of thiophene rings is 1. The first-order chi connectivity index (χ1) is 21.1. The maximum Gasteiger partial charge on any atom is 0.341 e. The van der Waals surface area contributed by atoms with Crippen molar-refractivity contribution in [3.8, 4) is 5.75 Å². The molecule has 3 aromatic rings. The van der Waals surface area contributed by atoms with Crippen molar-refractivity contribution < 1.29 is 28.6 Å². The number of benzene rings is 1. The number of ether oxygens (including phenoxy) is 2. The van der Waals surface area contributed by atoms with Gasteiger partial charge in [0.15, 0.2) is 16.7 Å². The summed E-state index contributed by atoms with van der Waals surface area (Å²) in [5.41, 5.74) is 1.15. The topological polar surface area (TPSA) is 113 Å². The number of fused-ring (bicyclic) bond motifs is 2. The van der Waals surface area contributed by atoms with Crippen LogP contribution in [0.4, 0.5) is 15.1 Å². The van der Waals surface area contributed by atoms with Crippen LogP contribution in [0.25, 0.3) is 10.9 Å². The van der Waals surface area contributed by atoms with Crippen molar-refractivity contribution >= 4 is 62.2 Å². The second-order valence-electron chi connectivity index (χ2n) is 11.5. The maximum atomic E-state index is 15.9. The van der Waals surface area contributed by atoms with Crippen molar-refractivity contribution in [1.29, 1.82) is 0 Å². The Morgan fingerprint density at radius 1 is 1.23 bits per heavy atom. The van der Waals surface area contributed by atoms with E-state index in [0.717, 1.165) is 50.2 Å². The van der Waals surface area contributed by atoms with Crippen molar-refractivity contribution in [3.05, 3.63) is 49.9 Å². The first-order valence-electron chi connectivity index (χ1n) is 15.0. The van der Waals surface area contributed by atoms with E-state index < -0.39 is 17.2 Å². The highest BCUT2D eigenvalue weighted by atomic mass is 32.1. The van der Waals surface area contributed by atoms with Gasteiger partial charge in [0.2, 0.25) is 5.43 Å². The Bertz CT molecular complexity index is 1730. The van der Waals surface area contributed by atoms with Crippen molar-refractivity contribution in [3.63, 3.8) is 0 Å². The number of esters is 1. The van der Waals surface area contributed by atoms with Gasteiger partial charge in [0.05, 0.1) is 30.2 Å². The number of aryl methyl sites for hydroxylation is 1. The normalized spacial score (nSPS) is 18.2. The van der Waals surface area contributed by atoms with Crippen LogP contribution < -0.4 is 20.4 Å². The molecular formula is C31H35FN4O6S2. The predicted molar refractivity (Wildman–Crippen MR) is 171 cm³/mol. The number of aromatic nitrogens is 1. The van der Waals surface area contributed by atoms with Crippen molar-refractivity contribution in [2.24, 2.45) is 0 Å². The number of methoxy groups -OCH3 is 1. The summed E-state index contributed by atoms with van der Waals surface area (Å²) in [5, 5.41) is 14.1. The van der Waals surface area contributed by atoms with Crippen LogP contribution >= 0.6 is 23.6 Å². The Kier molecular flexibility index (Phi) is 8.27.